The van der Waals surface area contributed by atoms with Gasteiger partial charge in [-0.15, -0.1) is 11.3 Å². The lowest BCUT2D eigenvalue weighted by Crippen LogP contribution is -2.24. The van der Waals surface area contributed by atoms with Gasteiger partial charge in [-0.2, -0.15) is 0 Å². The molecule has 4 nitrogen and oxygen atoms in total. The molecule has 1 aromatic carbocycles. The van der Waals surface area contributed by atoms with Crippen molar-refractivity contribution in [3.63, 3.8) is 0 Å². The SMILES string of the molecule is CCOC(=O)c1c(C)n(Cc2ccc(C)cc2)c2sc(C)c(C)c2c1=O. The van der Waals surface area contributed by atoms with E-state index < -0.39 is 5.97 Å². The molecular weight excluding hydrogens is 346 g/mol. The molecule has 0 spiro atoms. The Balaban J connectivity index is 2.29. The smallest absolute Gasteiger partial charge is 0.343 e. The molecule has 0 aliphatic carbocycles. The van der Waals surface area contributed by atoms with Gasteiger partial charge in [-0.3, -0.25) is 4.79 Å². The lowest BCUT2D eigenvalue weighted by atomic mass is 10.1. The van der Waals surface area contributed by atoms with E-state index in [-0.39, 0.29) is 17.6 Å². The van der Waals surface area contributed by atoms with E-state index >= 15 is 0 Å². The molecule has 0 radical (unpaired) electrons. The number of nitrogens with zero attached hydrogens (tertiary/aromatic N) is 1. The molecule has 2 heterocycles. The van der Waals surface area contributed by atoms with Crippen LogP contribution < -0.4 is 5.43 Å². The molecular formula is C21H23NO3S. The predicted octanol–water partition coefficient (Wildman–Crippen LogP) is 4.52. The number of aromatic nitrogens is 1. The highest BCUT2D eigenvalue weighted by Gasteiger charge is 2.24. The molecule has 0 saturated carbocycles. The molecule has 136 valence electrons. The van der Waals surface area contributed by atoms with Gasteiger partial charge < -0.3 is 9.30 Å². The van der Waals surface area contributed by atoms with E-state index in [0.717, 1.165) is 20.8 Å². The monoisotopic (exact) mass is 369 g/mol. The van der Waals surface area contributed by atoms with Crippen LogP contribution in [0.25, 0.3) is 10.2 Å². The zero-order valence-electron chi connectivity index (χ0n) is 15.8. The number of hydrogen-bond donors (Lipinski definition) is 0. The van der Waals surface area contributed by atoms with Crippen molar-refractivity contribution in [2.45, 2.75) is 41.2 Å². The van der Waals surface area contributed by atoms with Crippen molar-refractivity contribution in [1.82, 2.24) is 4.57 Å². The molecule has 0 aliphatic heterocycles. The molecule has 0 aliphatic rings. The standard InChI is InChI=1S/C21H23NO3S/c1-6-25-21(24)18-14(4)22(11-16-9-7-12(2)8-10-16)20-17(19(18)23)13(3)15(5)26-20/h7-10H,6,11H2,1-5H3. The van der Waals surface area contributed by atoms with Gasteiger partial charge in [-0.05, 0) is 45.7 Å². The number of ether oxygens (including phenoxy) is 1. The van der Waals surface area contributed by atoms with E-state index in [1.807, 2.05) is 20.8 Å². The molecule has 3 aromatic rings. The quantitative estimate of drug-likeness (QED) is 0.635. The molecule has 0 saturated heterocycles. The Morgan fingerprint density at radius 1 is 1.12 bits per heavy atom. The largest absolute Gasteiger partial charge is 0.462 e. The van der Waals surface area contributed by atoms with E-state index in [9.17, 15) is 9.59 Å². The Morgan fingerprint density at radius 2 is 1.77 bits per heavy atom. The fourth-order valence-corrected chi connectivity index (χ4v) is 4.36. The van der Waals surface area contributed by atoms with E-state index in [1.54, 1.807) is 18.3 Å². The van der Waals surface area contributed by atoms with Crippen LogP contribution in [0, 0.1) is 27.7 Å². The number of hydrogen-bond acceptors (Lipinski definition) is 4. The Morgan fingerprint density at radius 3 is 2.38 bits per heavy atom. The van der Waals surface area contributed by atoms with E-state index in [4.69, 9.17) is 4.74 Å². The maximum Gasteiger partial charge on any atom is 0.343 e. The summed E-state index contributed by atoms with van der Waals surface area (Å²) in [5.74, 6) is -0.544. The minimum absolute atomic E-state index is 0.146. The number of carbonyl (C=O) groups is 1. The van der Waals surface area contributed by atoms with Crippen molar-refractivity contribution in [3.05, 3.63) is 67.3 Å². The molecule has 0 N–H and O–H groups in total. The third kappa shape index (κ3) is 3.07. The number of aryl methyl sites for hydroxylation is 3. The van der Waals surface area contributed by atoms with Gasteiger partial charge in [0.25, 0.3) is 0 Å². The summed E-state index contributed by atoms with van der Waals surface area (Å²) in [6, 6.07) is 8.30. The summed E-state index contributed by atoms with van der Waals surface area (Å²) in [6.07, 6.45) is 0. The molecule has 3 rings (SSSR count). The molecule has 26 heavy (non-hydrogen) atoms. The first kappa shape index (κ1) is 18.4. The van der Waals surface area contributed by atoms with Crippen LogP contribution in [0.1, 0.15) is 44.5 Å². The van der Waals surface area contributed by atoms with Crippen LogP contribution in [0.2, 0.25) is 0 Å². The van der Waals surface area contributed by atoms with Crippen LogP contribution in [-0.2, 0) is 11.3 Å². The highest BCUT2D eigenvalue weighted by Crippen LogP contribution is 2.30. The Labute approximate surface area is 157 Å². The van der Waals surface area contributed by atoms with Crippen molar-refractivity contribution >= 4 is 27.5 Å². The van der Waals surface area contributed by atoms with Gasteiger partial charge in [-0.1, -0.05) is 29.8 Å². The first-order valence-electron chi connectivity index (χ1n) is 8.70. The summed E-state index contributed by atoms with van der Waals surface area (Å²) in [4.78, 5) is 27.5. The molecule has 0 amide bonds. The first-order valence-corrected chi connectivity index (χ1v) is 9.52. The highest BCUT2D eigenvalue weighted by atomic mass is 32.1. The van der Waals surface area contributed by atoms with Crippen LogP contribution >= 0.6 is 11.3 Å². The fraction of sp³-hybridized carbons (Fsp3) is 0.333. The third-order valence-electron chi connectivity index (χ3n) is 4.77. The van der Waals surface area contributed by atoms with Crippen LogP contribution in [0.3, 0.4) is 0 Å². The van der Waals surface area contributed by atoms with E-state index in [1.165, 1.54) is 5.56 Å². The van der Waals surface area contributed by atoms with Crippen molar-refractivity contribution in [2.75, 3.05) is 6.61 Å². The van der Waals surface area contributed by atoms with Crippen LogP contribution in [0.5, 0.6) is 0 Å². The van der Waals surface area contributed by atoms with Gasteiger partial charge >= 0.3 is 5.97 Å². The average Bonchev–Trinajstić information content (AvgIpc) is 2.89. The van der Waals surface area contributed by atoms with Gasteiger partial charge in [-0.25, -0.2) is 4.79 Å². The molecule has 0 bridgehead atoms. The molecule has 5 heteroatoms. The summed E-state index contributed by atoms with van der Waals surface area (Å²) < 4.78 is 7.23. The van der Waals surface area contributed by atoms with E-state index in [2.05, 4.69) is 35.8 Å². The van der Waals surface area contributed by atoms with E-state index in [0.29, 0.717) is 17.6 Å². The van der Waals surface area contributed by atoms with Gasteiger partial charge in [0.05, 0.1) is 12.0 Å². The minimum Gasteiger partial charge on any atom is -0.462 e. The van der Waals surface area contributed by atoms with Gasteiger partial charge in [0, 0.05) is 17.1 Å². The van der Waals surface area contributed by atoms with Gasteiger partial charge in [0.2, 0.25) is 5.43 Å². The highest BCUT2D eigenvalue weighted by molar-refractivity contribution is 7.18. The molecule has 0 fully saturated rings. The maximum absolute atomic E-state index is 13.0. The summed E-state index contributed by atoms with van der Waals surface area (Å²) in [7, 11) is 0. The summed E-state index contributed by atoms with van der Waals surface area (Å²) in [5.41, 5.74) is 3.85. The normalized spacial score (nSPS) is 11.1. The van der Waals surface area contributed by atoms with Crippen LogP contribution in [-0.4, -0.2) is 17.1 Å². The van der Waals surface area contributed by atoms with Gasteiger partial charge in [0.1, 0.15) is 10.4 Å². The second-order valence-corrected chi connectivity index (χ2v) is 7.75. The van der Waals surface area contributed by atoms with Crippen molar-refractivity contribution in [1.29, 1.82) is 0 Å². The van der Waals surface area contributed by atoms with Crippen LogP contribution in [0.15, 0.2) is 29.1 Å². The predicted molar refractivity (Wildman–Crippen MR) is 107 cm³/mol. The second-order valence-electron chi connectivity index (χ2n) is 6.55. The van der Waals surface area contributed by atoms with Crippen molar-refractivity contribution < 1.29 is 9.53 Å². The molecule has 0 atom stereocenters. The zero-order chi connectivity index (χ0) is 19.0. The topological polar surface area (TPSA) is 48.3 Å². The number of rotatable bonds is 4. The molecule has 2 aromatic heterocycles. The fourth-order valence-electron chi connectivity index (χ4n) is 3.15. The maximum atomic E-state index is 13.0. The van der Waals surface area contributed by atoms with Gasteiger partial charge in [0.15, 0.2) is 0 Å². The number of pyridine rings is 1. The number of carbonyl (C=O) groups excluding carboxylic acids is 1. The summed E-state index contributed by atoms with van der Waals surface area (Å²) >= 11 is 1.60. The zero-order valence-corrected chi connectivity index (χ0v) is 16.6. The number of thiophene rings is 1. The first-order chi connectivity index (χ1) is 12.3. The van der Waals surface area contributed by atoms with Crippen LogP contribution in [0.4, 0.5) is 0 Å². The Kier molecular flexibility index (Phi) is 5.01. The average molecular weight is 369 g/mol. The number of fused-ring (bicyclic) bond motifs is 1. The Hall–Kier alpha value is -2.40. The summed E-state index contributed by atoms with van der Waals surface area (Å²) in [6.45, 7) is 10.4. The minimum atomic E-state index is -0.544. The lowest BCUT2D eigenvalue weighted by Gasteiger charge is -2.16. The number of benzene rings is 1. The third-order valence-corrected chi connectivity index (χ3v) is 6.00. The number of esters is 1. The lowest BCUT2D eigenvalue weighted by molar-refractivity contribution is 0.0523. The van der Waals surface area contributed by atoms with Crippen molar-refractivity contribution in [2.24, 2.45) is 0 Å². The van der Waals surface area contributed by atoms with Crippen molar-refractivity contribution in [3.8, 4) is 0 Å². The Bertz CT molecular complexity index is 1040. The second kappa shape index (κ2) is 7.08. The summed E-state index contributed by atoms with van der Waals surface area (Å²) in [5, 5.41) is 0.633. The molecule has 0 unspecified atom stereocenters.